The molecule has 6 rings (SSSR count). The van der Waals surface area contributed by atoms with Crippen LogP contribution in [0.25, 0.3) is 10.9 Å². The highest BCUT2D eigenvalue weighted by molar-refractivity contribution is 5.91. The molecule has 2 saturated heterocycles. The summed E-state index contributed by atoms with van der Waals surface area (Å²) in [6, 6.07) is 8.12. The second kappa shape index (κ2) is 6.83. The van der Waals surface area contributed by atoms with Crippen molar-refractivity contribution < 1.29 is 19.4 Å². The van der Waals surface area contributed by atoms with E-state index in [-0.39, 0.29) is 30.1 Å². The normalized spacial score (nSPS) is 36.5. The van der Waals surface area contributed by atoms with Crippen molar-refractivity contribution in [3.05, 3.63) is 35.5 Å². The Labute approximate surface area is 171 Å². The fourth-order valence-electron chi connectivity index (χ4n) is 6.59. The van der Waals surface area contributed by atoms with Gasteiger partial charge < -0.3 is 19.6 Å². The zero-order chi connectivity index (χ0) is 20.3. The first-order valence-electron chi connectivity index (χ1n) is 10.8. The molecule has 0 amide bonds. The highest BCUT2D eigenvalue weighted by Gasteiger charge is 2.66. The molecule has 1 aromatic heterocycles. The van der Waals surface area contributed by atoms with Gasteiger partial charge in [-0.1, -0.05) is 18.2 Å². The van der Waals surface area contributed by atoms with Crippen molar-refractivity contribution in [2.45, 2.75) is 56.9 Å². The van der Waals surface area contributed by atoms with E-state index in [0.717, 1.165) is 30.6 Å². The van der Waals surface area contributed by atoms with Gasteiger partial charge in [-0.15, -0.1) is 0 Å². The third-order valence-electron chi connectivity index (χ3n) is 7.54. The van der Waals surface area contributed by atoms with E-state index in [1.54, 1.807) is 0 Å². The molecule has 4 bridgehead atoms. The lowest BCUT2D eigenvalue weighted by Crippen LogP contribution is -2.72. The Morgan fingerprint density at radius 1 is 1.41 bits per heavy atom. The molecular formula is C23H30N2O4. The van der Waals surface area contributed by atoms with Crippen LogP contribution in [0.1, 0.15) is 37.9 Å². The van der Waals surface area contributed by atoms with Crippen molar-refractivity contribution >= 4 is 16.9 Å². The molecule has 1 unspecified atom stereocenters. The fourth-order valence-corrected chi connectivity index (χ4v) is 6.59. The van der Waals surface area contributed by atoms with Crippen LogP contribution in [-0.4, -0.2) is 59.6 Å². The summed E-state index contributed by atoms with van der Waals surface area (Å²) in [6.45, 7) is 5.33. The molecule has 0 radical (unpaired) electrons. The van der Waals surface area contributed by atoms with Gasteiger partial charge in [-0.3, -0.25) is 9.69 Å². The van der Waals surface area contributed by atoms with E-state index >= 15 is 0 Å². The number of aliphatic hydroxyl groups excluding tert-OH is 1. The van der Waals surface area contributed by atoms with Crippen molar-refractivity contribution in [3.63, 3.8) is 0 Å². The lowest BCUT2D eigenvalue weighted by atomic mass is 9.55. The van der Waals surface area contributed by atoms with Gasteiger partial charge in [-0.2, -0.15) is 0 Å². The van der Waals surface area contributed by atoms with Gasteiger partial charge in [0.1, 0.15) is 11.6 Å². The summed E-state index contributed by atoms with van der Waals surface area (Å²) >= 11 is 0. The lowest BCUT2D eigenvalue weighted by molar-refractivity contribution is -0.220. The summed E-state index contributed by atoms with van der Waals surface area (Å²) in [7, 11) is 1.48. The van der Waals surface area contributed by atoms with Gasteiger partial charge in [-0.25, -0.2) is 0 Å². The minimum Gasteiger partial charge on any atom is -0.468 e. The number of nitrogens with one attached hydrogen (secondary N) is 1. The van der Waals surface area contributed by atoms with Gasteiger partial charge in [0.25, 0.3) is 0 Å². The summed E-state index contributed by atoms with van der Waals surface area (Å²) in [5.41, 5.74) is 2.45. The standard InChI is InChI=1S/C23H30N2O4/c1-4-29-21-14-11-17(13(2)26)20-23(12-14,22(27)28-3)19-16(9-10-25(20)21)15-7-5-6-8-18(15)24-19/h5-8,13-14,17,20-21,24,26H,4,9-12H2,1-3H3/t13-,14+,17+,20-,21+,23+/m0/s1. The molecule has 2 N–H and O–H groups in total. The maximum atomic E-state index is 13.5. The number of aromatic nitrogens is 1. The number of H-pyrrole nitrogens is 1. The number of hydrogen-bond donors (Lipinski definition) is 2. The molecule has 6 heteroatoms. The number of rotatable bonds is 4. The molecule has 3 aliphatic heterocycles. The van der Waals surface area contributed by atoms with Crippen LogP contribution in [0.5, 0.6) is 0 Å². The van der Waals surface area contributed by atoms with E-state index in [0.29, 0.717) is 13.0 Å². The van der Waals surface area contributed by atoms with Crippen LogP contribution in [0.15, 0.2) is 24.3 Å². The molecule has 4 aliphatic rings. The SMILES string of the molecule is CCO[C@@H]1[C@@H]2C[C@H]([C@H](C)O)[C@@H]3N1CCc1c([nH]c4ccccc14)[C@]3(C(=O)OC)C2. The van der Waals surface area contributed by atoms with Crippen LogP contribution in [0, 0.1) is 11.8 Å². The Kier molecular flexibility index (Phi) is 4.49. The lowest BCUT2D eigenvalue weighted by Gasteiger charge is -2.61. The van der Waals surface area contributed by atoms with E-state index < -0.39 is 11.5 Å². The first-order chi connectivity index (χ1) is 14.0. The van der Waals surface area contributed by atoms with E-state index in [4.69, 9.17) is 9.47 Å². The number of benzene rings is 1. The van der Waals surface area contributed by atoms with Crippen LogP contribution in [0.4, 0.5) is 0 Å². The predicted octanol–water partition coefficient (Wildman–Crippen LogP) is 2.59. The molecule has 156 valence electrons. The third kappa shape index (κ3) is 2.49. The van der Waals surface area contributed by atoms with E-state index in [2.05, 4.69) is 22.0 Å². The number of piperidine rings is 2. The number of ether oxygens (including phenoxy) is 2. The van der Waals surface area contributed by atoms with Crippen LogP contribution < -0.4 is 0 Å². The average Bonchev–Trinajstić information content (AvgIpc) is 3.06. The monoisotopic (exact) mass is 398 g/mol. The molecule has 0 spiro atoms. The minimum absolute atomic E-state index is 0.00178. The van der Waals surface area contributed by atoms with Gasteiger partial charge in [0.15, 0.2) is 0 Å². The Morgan fingerprint density at radius 2 is 2.21 bits per heavy atom. The highest BCUT2D eigenvalue weighted by atomic mass is 16.5. The van der Waals surface area contributed by atoms with Crippen molar-refractivity contribution in [1.82, 2.24) is 9.88 Å². The number of hydrogen-bond acceptors (Lipinski definition) is 5. The second-order valence-electron chi connectivity index (χ2n) is 8.87. The number of esters is 1. The van der Waals surface area contributed by atoms with Crippen molar-refractivity contribution in [2.24, 2.45) is 11.8 Å². The van der Waals surface area contributed by atoms with Crippen molar-refractivity contribution in [1.29, 1.82) is 0 Å². The maximum Gasteiger partial charge on any atom is 0.319 e. The second-order valence-corrected chi connectivity index (χ2v) is 8.87. The molecule has 29 heavy (non-hydrogen) atoms. The number of fused-ring (bicyclic) bond motifs is 4. The van der Waals surface area contributed by atoms with Gasteiger partial charge in [0.05, 0.1) is 13.2 Å². The molecule has 1 aliphatic carbocycles. The molecule has 6 nitrogen and oxygen atoms in total. The summed E-state index contributed by atoms with van der Waals surface area (Å²) in [5.74, 6) is -0.0227. The van der Waals surface area contributed by atoms with Crippen LogP contribution in [0.3, 0.4) is 0 Å². The first kappa shape index (κ1) is 19.1. The number of aromatic amines is 1. The predicted molar refractivity (Wildman–Crippen MR) is 109 cm³/mol. The largest absolute Gasteiger partial charge is 0.468 e. The van der Waals surface area contributed by atoms with E-state index in [1.807, 2.05) is 26.0 Å². The molecule has 1 aromatic carbocycles. The Balaban J connectivity index is 1.77. The van der Waals surface area contributed by atoms with Gasteiger partial charge in [0.2, 0.25) is 0 Å². The smallest absolute Gasteiger partial charge is 0.319 e. The number of carbonyl (C=O) groups is 1. The first-order valence-corrected chi connectivity index (χ1v) is 10.8. The number of para-hydroxylation sites is 1. The van der Waals surface area contributed by atoms with Crippen LogP contribution >= 0.6 is 0 Å². The van der Waals surface area contributed by atoms with Crippen LogP contribution in [0.2, 0.25) is 0 Å². The zero-order valence-electron chi connectivity index (χ0n) is 17.4. The van der Waals surface area contributed by atoms with Crippen molar-refractivity contribution in [3.8, 4) is 0 Å². The fraction of sp³-hybridized carbons (Fsp3) is 0.609. The molecule has 2 aromatic rings. The van der Waals surface area contributed by atoms with Crippen LogP contribution in [-0.2, 0) is 26.1 Å². The number of methoxy groups -OCH3 is 1. The number of aliphatic hydroxyl groups is 1. The molecule has 7 atom stereocenters. The average molecular weight is 399 g/mol. The molecular weight excluding hydrogens is 368 g/mol. The van der Waals surface area contributed by atoms with Crippen molar-refractivity contribution in [2.75, 3.05) is 20.3 Å². The van der Waals surface area contributed by atoms with Gasteiger partial charge in [0, 0.05) is 47.6 Å². The molecule has 1 saturated carbocycles. The number of carbonyl (C=O) groups excluding carboxylic acids is 1. The number of nitrogens with zero attached hydrogens (tertiary/aromatic N) is 1. The summed E-state index contributed by atoms with van der Waals surface area (Å²) in [4.78, 5) is 19.5. The van der Waals surface area contributed by atoms with E-state index in [9.17, 15) is 9.90 Å². The third-order valence-corrected chi connectivity index (χ3v) is 7.54. The Morgan fingerprint density at radius 3 is 2.93 bits per heavy atom. The minimum atomic E-state index is -0.808. The Hall–Kier alpha value is -1.89. The van der Waals surface area contributed by atoms with E-state index in [1.165, 1.54) is 18.1 Å². The zero-order valence-corrected chi connectivity index (χ0v) is 17.4. The highest BCUT2D eigenvalue weighted by Crippen LogP contribution is 2.57. The van der Waals surface area contributed by atoms with Gasteiger partial charge >= 0.3 is 5.97 Å². The summed E-state index contributed by atoms with van der Waals surface area (Å²) in [6.07, 6.45) is 1.90. The Bertz CT molecular complexity index is 938. The van der Waals surface area contributed by atoms with Gasteiger partial charge in [-0.05, 0) is 44.7 Å². The molecule has 3 fully saturated rings. The summed E-state index contributed by atoms with van der Waals surface area (Å²) in [5, 5.41) is 11.9. The maximum absolute atomic E-state index is 13.5. The molecule has 4 heterocycles. The summed E-state index contributed by atoms with van der Waals surface area (Å²) < 4.78 is 11.6. The topological polar surface area (TPSA) is 74.8 Å². The quantitative estimate of drug-likeness (QED) is 0.775.